The Morgan fingerprint density at radius 1 is 0.963 bits per heavy atom. The van der Waals surface area contributed by atoms with E-state index in [1.165, 1.54) is 48.0 Å². The minimum Gasteiger partial charge on any atom is -0.352 e. The Morgan fingerprint density at radius 2 is 1.67 bits per heavy atom. The third kappa shape index (κ3) is 5.17. The number of fused-ring (bicyclic) bond motifs is 1. The van der Waals surface area contributed by atoms with E-state index in [2.05, 4.69) is 16.2 Å². The minimum absolute atomic E-state index is 0.106. The van der Waals surface area contributed by atoms with Gasteiger partial charge in [-0.1, -0.05) is 18.6 Å². The van der Waals surface area contributed by atoms with Gasteiger partial charge in [0, 0.05) is 23.9 Å². The Labute approximate surface area is 162 Å². The Hall–Kier alpha value is -2.67. The van der Waals surface area contributed by atoms with Crippen LogP contribution in [0.2, 0.25) is 0 Å². The molecule has 1 aliphatic carbocycles. The highest BCUT2D eigenvalue weighted by molar-refractivity contribution is 7.14. The molecule has 142 valence electrons. The molecule has 0 saturated carbocycles. The van der Waals surface area contributed by atoms with E-state index in [0.29, 0.717) is 17.0 Å². The highest BCUT2D eigenvalue weighted by atomic mass is 32.1. The summed E-state index contributed by atoms with van der Waals surface area (Å²) < 4.78 is 0. The predicted molar refractivity (Wildman–Crippen MR) is 104 cm³/mol. The molecule has 3 rings (SSSR count). The smallest absolute Gasteiger partial charge is 0.279 e. The molecular weight excluding hydrogens is 362 g/mol. The van der Waals surface area contributed by atoms with Gasteiger partial charge >= 0.3 is 0 Å². The van der Waals surface area contributed by atoms with Crippen molar-refractivity contribution < 1.29 is 14.4 Å². The van der Waals surface area contributed by atoms with E-state index in [0.717, 1.165) is 18.4 Å². The van der Waals surface area contributed by atoms with E-state index in [9.17, 15) is 14.4 Å². The molecule has 0 spiro atoms. The highest BCUT2D eigenvalue weighted by Crippen LogP contribution is 2.28. The maximum atomic E-state index is 12.3. The number of hydrazine groups is 1. The summed E-state index contributed by atoms with van der Waals surface area (Å²) in [7, 11) is 0. The minimum atomic E-state index is -0.382. The largest absolute Gasteiger partial charge is 0.352 e. The first-order chi connectivity index (χ1) is 13.0. The molecule has 0 atom stereocenters. The van der Waals surface area contributed by atoms with Gasteiger partial charge in [-0.3, -0.25) is 25.2 Å². The Kier molecular flexibility index (Phi) is 6.24. The van der Waals surface area contributed by atoms with E-state index in [1.54, 1.807) is 24.3 Å². The summed E-state index contributed by atoms with van der Waals surface area (Å²) in [5.41, 5.74) is 7.55. The van der Waals surface area contributed by atoms with Crippen molar-refractivity contribution in [3.63, 3.8) is 0 Å². The molecule has 1 heterocycles. The molecule has 7 heteroatoms. The predicted octanol–water partition coefficient (Wildman–Crippen LogP) is 2.73. The lowest BCUT2D eigenvalue weighted by atomic mass is 10.1. The van der Waals surface area contributed by atoms with Crippen LogP contribution in [0.5, 0.6) is 0 Å². The number of thiophene rings is 1. The number of hydrogen-bond acceptors (Lipinski definition) is 4. The standard InChI is InChI=1S/C20H23N3O3S/c1-13(24)21-12-14-7-9-15(10-8-14)19(25)22-23-20(26)18-11-16-5-3-2-4-6-17(16)27-18/h7-11H,2-6,12H2,1H3,(H,21,24)(H,22,25)(H,23,26). The summed E-state index contributed by atoms with van der Waals surface area (Å²) in [6.07, 6.45) is 5.63. The third-order valence-corrected chi connectivity index (χ3v) is 5.75. The van der Waals surface area contributed by atoms with Crippen LogP contribution in [0.4, 0.5) is 0 Å². The van der Waals surface area contributed by atoms with E-state index in [-0.39, 0.29) is 17.7 Å². The lowest BCUT2D eigenvalue weighted by Gasteiger charge is -2.07. The fourth-order valence-corrected chi connectivity index (χ4v) is 4.18. The van der Waals surface area contributed by atoms with Crippen molar-refractivity contribution in [2.75, 3.05) is 0 Å². The number of carbonyl (C=O) groups is 3. The van der Waals surface area contributed by atoms with Crippen LogP contribution in [0.1, 0.15) is 62.2 Å². The van der Waals surface area contributed by atoms with E-state index < -0.39 is 0 Å². The Balaban J connectivity index is 1.54. The molecule has 1 aromatic carbocycles. The summed E-state index contributed by atoms with van der Waals surface area (Å²) in [6, 6.07) is 8.80. The topological polar surface area (TPSA) is 87.3 Å². The monoisotopic (exact) mass is 385 g/mol. The third-order valence-electron chi connectivity index (χ3n) is 4.52. The van der Waals surface area contributed by atoms with Gasteiger partial charge < -0.3 is 5.32 Å². The van der Waals surface area contributed by atoms with Crippen molar-refractivity contribution in [1.29, 1.82) is 0 Å². The zero-order valence-electron chi connectivity index (χ0n) is 15.3. The zero-order chi connectivity index (χ0) is 19.2. The summed E-state index contributed by atoms with van der Waals surface area (Å²) in [6.45, 7) is 1.87. The molecule has 0 aliphatic heterocycles. The van der Waals surface area contributed by atoms with Gasteiger partial charge in [-0.05, 0) is 55.0 Å². The number of rotatable bonds is 4. The van der Waals surface area contributed by atoms with Gasteiger partial charge in [-0.2, -0.15) is 0 Å². The van der Waals surface area contributed by atoms with Gasteiger partial charge in [-0.15, -0.1) is 11.3 Å². The molecule has 0 bridgehead atoms. The van der Waals surface area contributed by atoms with E-state index in [4.69, 9.17) is 0 Å². The normalized spacial score (nSPS) is 13.2. The van der Waals surface area contributed by atoms with Crippen LogP contribution in [-0.4, -0.2) is 17.7 Å². The first-order valence-electron chi connectivity index (χ1n) is 9.08. The molecule has 0 radical (unpaired) electrons. The molecular formula is C20H23N3O3S. The molecule has 3 N–H and O–H groups in total. The van der Waals surface area contributed by atoms with Crippen molar-refractivity contribution in [3.8, 4) is 0 Å². The second kappa shape index (κ2) is 8.81. The molecule has 1 aromatic heterocycles. The van der Waals surface area contributed by atoms with Crippen molar-refractivity contribution >= 4 is 29.1 Å². The SMILES string of the molecule is CC(=O)NCc1ccc(C(=O)NNC(=O)c2cc3c(s2)CCCCC3)cc1. The number of nitrogens with one attached hydrogen (secondary N) is 3. The maximum absolute atomic E-state index is 12.3. The van der Waals surface area contributed by atoms with E-state index in [1.807, 2.05) is 6.07 Å². The molecule has 2 aromatic rings. The first kappa shape index (κ1) is 19.1. The molecule has 0 unspecified atom stereocenters. The van der Waals surface area contributed by atoms with Crippen molar-refractivity contribution in [2.24, 2.45) is 0 Å². The first-order valence-corrected chi connectivity index (χ1v) is 9.90. The summed E-state index contributed by atoms with van der Waals surface area (Å²) in [5, 5.41) is 2.70. The van der Waals surface area contributed by atoms with Crippen LogP contribution in [-0.2, 0) is 24.2 Å². The molecule has 1 aliphatic rings. The van der Waals surface area contributed by atoms with E-state index >= 15 is 0 Å². The number of benzene rings is 1. The zero-order valence-corrected chi connectivity index (χ0v) is 16.1. The number of carbonyl (C=O) groups excluding carboxylic acids is 3. The molecule has 0 saturated heterocycles. The quantitative estimate of drug-likeness (QED) is 0.559. The number of amides is 3. The molecule has 27 heavy (non-hydrogen) atoms. The summed E-state index contributed by atoms with van der Waals surface area (Å²) in [5.74, 6) is -0.776. The van der Waals surface area contributed by atoms with Crippen LogP contribution in [0, 0.1) is 0 Å². The van der Waals surface area contributed by atoms with Crippen molar-refractivity contribution in [1.82, 2.24) is 16.2 Å². The lowest BCUT2D eigenvalue weighted by molar-refractivity contribution is -0.119. The van der Waals surface area contributed by atoms with Crippen LogP contribution in [0.3, 0.4) is 0 Å². The number of hydrogen-bond donors (Lipinski definition) is 3. The average molecular weight is 385 g/mol. The Bertz CT molecular complexity index is 819. The fraction of sp³-hybridized carbons (Fsp3) is 0.350. The summed E-state index contributed by atoms with van der Waals surface area (Å²) >= 11 is 1.52. The molecule has 6 nitrogen and oxygen atoms in total. The molecule has 3 amide bonds. The van der Waals surface area contributed by atoms with Gasteiger partial charge in [0.15, 0.2) is 0 Å². The van der Waals surface area contributed by atoms with Crippen LogP contribution in [0.25, 0.3) is 0 Å². The fourth-order valence-electron chi connectivity index (χ4n) is 3.03. The van der Waals surface area contributed by atoms with Crippen LogP contribution < -0.4 is 16.2 Å². The molecule has 0 fully saturated rings. The lowest BCUT2D eigenvalue weighted by Crippen LogP contribution is -2.41. The van der Waals surface area contributed by atoms with Crippen molar-refractivity contribution in [2.45, 2.75) is 45.6 Å². The Morgan fingerprint density at radius 3 is 2.41 bits per heavy atom. The van der Waals surface area contributed by atoms with Gasteiger partial charge in [0.2, 0.25) is 5.91 Å². The second-order valence-electron chi connectivity index (χ2n) is 6.63. The maximum Gasteiger partial charge on any atom is 0.279 e. The number of aryl methyl sites for hydroxylation is 2. The van der Waals surface area contributed by atoms with Crippen LogP contribution in [0.15, 0.2) is 30.3 Å². The van der Waals surface area contributed by atoms with Gasteiger partial charge in [0.1, 0.15) is 0 Å². The van der Waals surface area contributed by atoms with Gasteiger partial charge in [0.25, 0.3) is 11.8 Å². The second-order valence-corrected chi connectivity index (χ2v) is 7.77. The van der Waals surface area contributed by atoms with Gasteiger partial charge in [0.05, 0.1) is 4.88 Å². The van der Waals surface area contributed by atoms with Crippen molar-refractivity contribution in [3.05, 3.63) is 56.8 Å². The van der Waals surface area contributed by atoms with Gasteiger partial charge in [-0.25, -0.2) is 0 Å². The highest BCUT2D eigenvalue weighted by Gasteiger charge is 2.17. The average Bonchev–Trinajstić information content (AvgIpc) is 2.95. The summed E-state index contributed by atoms with van der Waals surface area (Å²) in [4.78, 5) is 37.4. The van der Waals surface area contributed by atoms with Crippen LogP contribution >= 0.6 is 11.3 Å².